The third-order valence-corrected chi connectivity index (χ3v) is 11.3. The van der Waals surface area contributed by atoms with Crippen molar-refractivity contribution in [2.45, 2.75) is 19.8 Å². The quantitative estimate of drug-likeness (QED) is 0.0678. The fraction of sp³-hybridized carbons (Fsp3) is 0.0536. The Hall–Kier alpha value is -7.04. The fourth-order valence-electron chi connectivity index (χ4n) is 8.54. The van der Waals surface area contributed by atoms with Crippen LogP contribution in [0.1, 0.15) is 18.9 Å². The number of benzene rings is 8. The first kappa shape index (κ1) is 39.4. The van der Waals surface area contributed by atoms with E-state index in [4.69, 9.17) is 0 Å². The van der Waals surface area contributed by atoms with Crippen molar-refractivity contribution in [2.24, 2.45) is 0 Å². The summed E-state index contributed by atoms with van der Waals surface area (Å²) in [5, 5.41) is 16.1. The molecule has 0 saturated carbocycles. The first-order valence-corrected chi connectivity index (χ1v) is 20.2. The number of hydrogen-bond donors (Lipinski definition) is 1. The number of fused-ring (bicyclic) bond motifs is 6. The number of carbonyl (C=O) groups is 1. The summed E-state index contributed by atoms with van der Waals surface area (Å²) < 4.78 is 0. The third kappa shape index (κ3) is 7.78. The molecule has 5 heteroatoms. The molecule has 8 aromatic carbocycles. The number of aliphatic hydroxyl groups is 1. The first-order chi connectivity index (χ1) is 29.5. The van der Waals surface area contributed by atoms with Gasteiger partial charge in [0.05, 0.1) is 5.76 Å². The Morgan fingerprint density at radius 3 is 1.44 bits per heavy atom. The van der Waals surface area contributed by atoms with Gasteiger partial charge in [0.15, 0.2) is 5.78 Å². The van der Waals surface area contributed by atoms with Crippen LogP contribution in [0.15, 0.2) is 188 Å². The Kier molecular flexibility index (Phi) is 10.9. The monoisotopic (exact) mass is 963 g/mol. The van der Waals surface area contributed by atoms with Gasteiger partial charge in [0.1, 0.15) is 0 Å². The maximum Gasteiger partial charge on any atom is 0.159 e. The molecule has 0 unspecified atom stereocenters. The van der Waals surface area contributed by atoms with Gasteiger partial charge in [-0.3, -0.25) is 4.79 Å². The molecule has 1 radical (unpaired) electrons. The van der Waals surface area contributed by atoms with Crippen LogP contribution in [0.5, 0.6) is 0 Å². The van der Waals surface area contributed by atoms with E-state index in [-0.39, 0.29) is 31.6 Å². The molecular formula is C56H38IrN2O2-2. The number of aliphatic hydroxyl groups excluding tert-OH is 1. The van der Waals surface area contributed by atoms with Gasteiger partial charge in [-0.05, 0) is 104 Å². The topological polar surface area (TPSA) is 63.1 Å². The average Bonchev–Trinajstić information content (AvgIpc) is 3.30. The van der Waals surface area contributed by atoms with Crippen molar-refractivity contribution < 1.29 is 30.0 Å². The molecule has 2 aromatic heterocycles. The SMILES string of the molecule is C/C(O)=C/C(=O)CCc1ccccc1-c1cc(-c2ccccc2-c2c[c-]c3c(ccc4cccnc43)c2)cc(-c2ccccc2-c2c[c-]c3c(ccc4cccnc43)c2)c1.[Ir]. The second-order valence-electron chi connectivity index (χ2n) is 15.3. The van der Waals surface area contributed by atoms with Gasteiger partial charge in [0.25, 0.3) is 0 Å². The number of nitrogens with zero attached hydrogens (tertiary/aromatic N) is 2. The smallest absolute Gasteiger partial charge is 0.159 e. The predicted molar refractivity (Wildman–Crippen MR) is 247 cm³/mol. The molecule has 295 valence electrons. The van der Waals surface area contributed by atoms with Gasteiger partial charge in [-0.15, -0.1) is 57.9 Å². The number of rotatable bonds is 9. The van der Waals surface area contributed by atoms with E-state index < -0.39 is 0 Å². The standard InChI is InChI=1S/C56H38N2O2.Ir/c1-36(59)30-47(60)25-22-37-10-2-3-13-48(37)44-33-45(51-16-6-4-14-49(51)40-23-26-53-42(31-40)20-18-38-11-8-28-57-55(38)53)35-46(34-44)52-17-7-5-15-50(52)41-24-27-54-43(32-41)21-19-39-12-9-29-58-56(39)54;/h2-21,23-24,28-35,59H,22,25H2,1H3;/q-2;/b36-30-;. The van der Waals surface area contributed by atoms with Gasteiger partial charge in [-0.1, -0.05) is 131 Å². The van der Waals surface area contributed by atoms with E-state index in [1.165, 1.54) is 13.0 Å². The molecule has 1 N–H and O–H groups in total. The van der Waals surface area contributed by atoms with E-state index in [2.05, 4.69) is 168 Å². The second-order valence-corrected chi connectivity index (χ2v) is 15.3. The minimum atomic E-state index is -0.103. The number of aromatic nitrogens is 2. The van der Waals surface area contributed by atoms with E-state index in [0.29, 0.717) is 12.8 Å². The number of ketones is 1. The minimum Gasteiger partial charge on any atom is -0.512 e. The molecule has 0 bridgehead atoms. The maximum atomic E-state index is 12.7. The van der Waals surface area contributed by atoms with Gasteiger partial charge in [0.2, 0.25) is 0 Å². The van der Waals surface area contributed by atoms with Gasteiger partial charge in [0, 0.05) is 45.0 Å². The Balaban J connectivity index is 0.00000476. The largest absolute Gasteiger partial charge is 0.512 e. The Morgan fingerprint density at radius 2 is 0.951 bits per heavy atom. The molecule has 4 nitrogen and oxygen atoms in total. The zero-order valence-electron chi connectivity index (χ0n) is 33.3. The number of allylic oxidation sites excluding steroid dienone is 2. The van der Waals surface area contributed by atoms with E-state index in [1.54, 1.807) is 0 Å². The zero-order chi connectivity index (χ0) is 40.6. The molecule has 0 saturated heterocycles. The molecule has 0 spiro atoms. The molecule has 0 aliphatic heterocycles. The molecule has 61 heavy (non-hydrogen) atoms. The van der Waals surface area contributed by atoms with Crippen LogP contribution < -0.4 is 0 Å². The van der Waals surface area contributed by atoms with Crippen LogP contribution in [-0.4, -0.2) is 20.9 Å². The van der Waals surface area contributed by atoms with Gasteiger partial charge < -0.3 is 15.1 Å². The van der Waals surface area contributed by atoms with E-state index >= 15 is 0 Å². The van der Waals surface area contributed by atoms with Crippen molar-refractivity contribution in [1.29, 1.82) is 0 Å². The van der Waals surface area contributed by atoms with Crippen molar-refractivity contribution in [3.8, 4) is 55.6 Å². The molecular weight excluding hydrogens is 925 g/mol. The molecule has 0 atom stereocenters. The van der Waals surface area contributed by atoms with Crippen LogP contribution in [0.2, 0.25) is 0 Å². The second kappa shape index (κ2) is 16.9. The van der Waals surface area contributed by atoms with E-state index in [1.807, 2.05) is 30.6 Å². The Morgan fingerprint density at radius 1 is 0.525 bits per heavy atom. The van der Waals surface area contributed by atoms with Gasteiger partial charge >= 0.3 is 0 Å². The van der Waals surface area contributed by atoms with Crippen LogP contribution in [0.3, 0.4) is 0 Å². The zero-order valence-corrected chi connectivity index (χ0v) is 35.7. The summed E-state index contributed by atoms with van der Waals surface area (Å²) in [6, 6.07) is 64.8. The molecule has 10 rings (SSSR count). The van der Waals surface area contributed by atoms with E-state index in [9.17, 15) is 9.90 Å². The van der Waals surface area contributed by atoms with Gasteiger partial charge in [-0.25, -0.2) is 0 Å². The molecule has 0 fully saturated rings. The maximum absolute atomic E-state index is 12.7. The minimum absolute atomic E-state index is 0. The molecule has 0 aliphatic rings. The Labute approximate surface area is 368 Å². The van der Waals surface area contributed by atoms with Crippen LogP contribution in [0, 0.1) is 12.1 Å². The van der Waals surface area contributed by atoms with Crippen LogP contribution in [0.25, 0.3) is 99.0 Å². The summed E-state index contributed by atoms with van der Waals surface area (Å²) in [5.74, 6) is -0.0833. The molecule has 0 aliphatic carbocycles. The van der Waals surface area contributed by atoms with Crippen LogP contribution in [0.4, 0.5) is 0 Å². The number of pyridine rings is 2. The summed E-state index contributed by atoms with van der Waals surface area (Å²) in [4.78, 5) is 22.1. The van der Waals surface area contributed by atoms with Crippen molar-refractivity contribution in [3.05, 3.63) is 206 Å². The van der Waals surface area contributed by atoms with Gasteiger partial charge in [-0.2, -0.15) is 0 Å². The van der Waals surface area contributed by atoms with Crippen molar-refractivity contribution >= 4 is 49.1 Å². The van der Waals surface area contributed by atoms with Crippen LogP contribution >= 0.6 is 0 Å². The summed E-state index contributed by atoms with van der Waals surface area (Å²) in [5.41, 5.74) is 13.7. The summed E-state index contributed by atoms with van der Waals surface area (Å²) in [6.45, 7) is 1.53. The number of aryl methyl sites for hydroxylation is 1. The average molecular weight is 963 g/mol. The number of carbonyl (C=O) groups excluding carboxylic acids is 1. The van der Waals surface area contributed by atoms with Crippen molar-refractivity contribution in [1.82, 2.24) is 9.97 Å². The molecule has 0 amide bonds. The van der Waals surface area contributed by atoms with Crippen LogP contribution in [-0.2, 0) is 31.3 Å². The van der Waals surface area contributed by atoms with Crippen molar-refractivity contribution in [2.75, 3.05) is 0 Å². The summed E-state index contributed by atoms with van der Waals surface area (Å²) >= 11 is 0. The number of hydrogen-bond acceptors (Lipinski definition) is 4. The predicted octanol–water partition coefficient (Wildman–Crippen LogP) is 14.0. The third-order valence-electron chi connectivity index (χ3n) is 11.3. The molecule has 10 aromatic rings. The van der Waals surface area contributed by atoms with Crippen molar-refractivity contribution in [3.63, 3.8) is 0 Å². The van der Waals surface area contributed by atoms with E-state index in [0.717, 1.165) is 105 Å². The normalized spacial score (nSPS) is 11.6. The summed E-state index contributed by atoms with van der Waals surface area (Å²) in [7, 11) is 0. The Bertz CT molecular complexity index is 3150. The summed E-state index contributed by atoms with van der Waals surface area (Å²) in [6.07, 6.45) is 5.81. The first-order valence-electron chi connectivity index (χ1n) is 20.2. The molecule has 2 heterocycles. The fourth-order valence-corrected chi connectivity index (χ4v) is 8.54.